The average Bonchev–Trinajstić information content (AvgIpc) is 3.20. The molecule has 0 radical (unpaired) electrons. The van der Waals surface area contributed by atoms with Crippen LogP contribution in [0.15, 0.2) is 18.2 Å². The molecule has 2 heterocycles. The number of halogens is 1. The minimum atomic E-state index is -0.253. The number of hydrogen-bond donors (Lipinski definition) is 1. The fraction of sp³-hybridized carbons (Fsp3) is 0.500. The molecule has 2 aromatic rings. The molecule has 0 unspecified atom stereocenters. The van der Waals surface area contributed by atoms with Crippen molar-refractivity contribution in [3.05, 3.63) is 34.5 Å². The lowest BCUT2D eigenvalue weighted by Gasteiger charge is -2.15. The summed E-state index contributed by atoms with van der Waals surface area (Å²) in [5.74, 6) is 0.289. The van der Waals surface area contributed by atoms with Gasteiger partial charge in [-0.3, -0.25) is 4.79 Å². The van der Waals surface area contributed by atoms with Crippen molar-refractivity contribution in [2.75, 3.05) is 19.6 Å². The Kier molecular flexibility index (Phi) is 3.85. The molecular formula is C18H21FN2OS. The van der Waals surface area contributed by atoms with Crippen LogP contribution in [-0.2, 0) is 0 Å². The first kappa shape index (κ1) is 15.1. The van der Waals surface area contributed by atoms with Crippen molar-refractivity contribution in [3.8, 4) is 0 Å². The maximum atomic E-state index is 13.4. The first-order valence-electron chi connectivity index (χ1n) is 8.32. The van der Waals surface area contributed by atoms with Crippen LogP contribution < -0.4 is 5.32 Å². The molecule has 4 rings (SSSR count). The second-order valence-electron chi connectivity index (χ2n) is 6.79. The maximum absolute atomic E-state index is 13.4. The molecule has 23 heavy (non-hydrogen) atoms. The van der Waals surface area contributed by atoms with Crippen LogP contribution in [0.5, 0.6) is 0 Å². The van der Waals surface area contributed by atoms with E-state index in [4.69, 9.17) is 0 Å². The molecule has 1 aliphatic heterocycles. The zero-order chi connectivity index (χ0) is 16.0. The number of nitrogens with one attached hydrogen (secondary N) is 1. The Bertz CT molecular complexity index is 753. The lowest BCUT2D eigenvalue weighted by molar-refractivity contribution is 0.0951. The summed E-state index contributed by atoms with van der Waals surface area (Å²) in [6, 6.07) is 5.53. The van der Waals surface area contributed by atoms with E-state index >= 15 is 0 Å². The SMILES string of the molecule is Cc1c(C(=O)NC[C@H]2CCN(C3CC3)C2)sc2ccc(F)cc12. The molecule has 1 aromatic carbocycles. The molecule has 122 valence electrons. The number of benzene rings is 1. The number of thiophene rings is 1. The quantitative estimate of drug-likeness (QED) is 0.928. The van der Waals surface area contributed by atoms with Gasteiger partial charge in [0, 0.05) is 23.8 Å². The van der Waals surface area contributed by atoms with Gasteiger partial charge in [0.05, 0.1) is 4.88 Å². The normalized spacial score (nSPS) is 21.9. The Morgan fingerprint density at radius 3 is 3.00 bits per heavy atom. The zero-order valence-electron chi connectivity index (χ0n) is 13.3. The van der Waals surface area contributed by atoms with Crippen LogP contribution >= 0.6 is 11.3 Å². The Morgan fingerprint density at radius 1 is 1.39 bits per heavy atom. The van der Waals surface area contributed by atoms with E-state index in [1.165, 1.54) is 49.3 Å². The van der Waals surface area contributed by atoms with Gasteiger partial charge in [0.2, 0.25) is 0 Å². The van der Waals surface area contributed by atoms with Gasteiger partial charge in [0.1, 0.15) is 5.82 Å². The Labute approximate surface area is 139 Å². The fourth-order valence-electron chi connectivity index (χ4n) is 3.53. The Morgan fingerprint density at radius 2 is 2.22 bits per heavy atom. The number of rotatable bonds is 4. The number of carbonyl (C=O) groups is 1. The van der Waals surface area contributed by atoms with Crippen molar-refractivity contribution in [2.24, 2.45) is 5.92 Å². The first-order chi connectivity index (χ1) is 11.1. The van der Waals surface area contributed by atoms with Crippen molar-refractivity contribution in [1.82, 2.24) is 10.2 Å². The number of carbonyl (C=O) groups excluding carboxylic acids is 1. The molecule has 1 atom stereocenters. The molecule has 1 amide bonds. The van der Waals surface area contributed by atoms with Gasteiger partial charge < -0.3 is 10.2 Å². The van der Waals surface area contributed by atoms with E-state index < -0.39 is 0 Å². The van der Waals surface area contributed by atoms with Crippen molar-refractivity contribution in [2.45, 2.75) is 32.2 Å². The molecule has 1 aliphatic carbocycles. The number of amides is 1. The second-order valence-corrected chi connectivity index (χ2v) is 7.84. The minimum absolute atomic E-state index is 0.0195. The van der Waals surface area contributed by atoms with Crippen molar-refractivity contribution >= 4 is 27.3 Å². The summed E-state index contributed by atoms with van der Waals surface area (Å²) in [6.45, 7) is 4.93. The van der Waals surface area contributed by atoms with Gasteiger partial charge >= 0.3 is 0 Å². The molecule has 1 saturated heterocycles. The van der Waals surface area contributed by atoms with Crippen LogP contribution in [0.1, 0.15) is 34.5 Å². The summed E-state index contributed by atoms with van der Waals surface area (Å²) in [4.78, 5) is 15.8. The molecule has 1 aromatic heterocycles. The first-order valence-corrected chi connectivity index (χ1v) is 9.14. The van der Waals surface area contributed by atoms with Gasteiger partial charge in [-0.2, -0.15) is 0 Å². The van der Waals surface area contributed by atoms with Crippen molar-refractivity contribution < 1.29 is 9.18 Å². The number of hydrogen-bond acceptors (Lipinski definition) is 3. The summed E-state index contributed by atoms with van der Waals surface area (Å²) in [7, 11) is 0. The third-order valence-electron chi connectivity index (χ3n) is 5.04. The molecule has 1 N–H and O–H groups in total. The molecule has 3 nitrogen and oxygen atoms in total. The van der Waals surface area contributed by atoms with Crippen LogP contribution in [0.2, 0.25) is 0 Å². The molecular weight excluding hydrogens is 311 g/mol. The van der Waals surface area contributed by atoms with E-state index in [0.29, 0.717) is 10.8 Å². The van der Waals surface area contributed by atoms with Gasteiger partial charge in [-0.25, -0.2) is 4.39 Å². The third-order valence-corrected chi connectivity index (χ3v) is 6.31. The number of likely N-dealkylation sites (tertiary alicyclic amines) is 1. The molecule has 1 saturated carbocycles. The summed E-state index contributed by atoms with van der Waals surface area (Å²) in [6.07, 6.45) is 3.86. The van der Waals surface area contributed by atoms with Crippen LogP contribution in [0.25, 0.3) is 10.1 Å². The van der Waals surface area contributed by atoms with Gasteiger partial charge in [-0.15, -0.1) is 11.3 Å². The lowest BCUT2D eigenvalue weighted by Crippen LogP contribution is -2.31. The van der Waals surface area contributed by atoms with Crippen LogP contribution in [0.4, 0.5) is 4.39 Å². The number of fused-ring (bicyclic) bond motifs is 1. The number of aryl methyl sites for hydroxylation is 1. The van der Waals surface area contributed by atoms with Crippen LogP contribution in [-0.4, -0.2) is 36.5 Å². The fourth-order valence-corrected chi connectivity index (χ4v) is 4.63. The predicted octanol–water partition coefficient (Wildman–Crippen LogP) is 3.56. The summed E-state index contributed by atoms with van der Waals surface area (Å²) < 4.78 is 14.4. The van der Waals surface area contributed by atoms with Gasteiger partial charge in [0.25, 0.3) is 5.91 Å². The topological polar surface area (TPSA) is 32.3 Å². The molecule has 5 heteroatoms. The van der Waals surface area contributed by atoms with Gasteiger partial charge in [0.15, 0.2) is 0 Å². The Hall–Kier alpha value is -1.46. The molecule has 2 fully saturated rings. The highest BCUT2D eigenvalue weighted by atomic mass is 32.1. The minimum Gasteiger partial charge on any atom is -0.351 e. The second kappa shape index (κ2) is 5.87. The van der Waals surface area contributed by atoms with Crippen LogP contribution in [0, 0.1) is 18.7 Å². The third kappa shape index (κ3) is 3.00. The van der Waals surface area contributed by atoms with E-state index in [1.54, 1.807) is 6.07 Å². The van der Waals surface area contributed by atoms with E-state index in [2.05, 4.69) is 10.2 Å². The average molecular weight is 332 g/mol. The lowest BCUT2D eigenvalue weighted by atomic mass is 10.1. The van der Waals surface area contributed by atoms with Crippen molar-refractivity contribution in [1.29, 1.82) is 0 Å². The highest BCUT2D eigenvalue weighted by molar-refractivity contribution is 7.21. The van der Waals surface area contributed by atoms with E-state index in [1.807, 2.05) is 6.92 Å². The highest BCUT2D eigenvalue weighted by Crippen LogP contribution is 2.32. The maximum Gasteiger partial charge on any atom is 0.261 e. The summed E-state index contributed by atoms with van der Waals surface area (Å²) >= 11 is 1.45. The zero-order valence-corrected chi connectivity index (χ0v) is 14.1. The molecule has 0 bridgehead atoms. The predicted molar refractivity (Wildman–Crippen MR) is 91.6 cm³/mol. The number of nitrogens with zero attached hydrogens (tertiary/aromatic N) is 1. The van der Waals surface area contributed by atoms with Crippen LogP contribution in [0.3, 0.4) is 0 Å². The van der Waals surface area contributed by atoms with Crippen molar-refractivity contribution in [3.63, 3.8) is 0 Å². The standard InChI is InChI=1S/C18H21FN2OS/c1-11-15-8-13(19)2-5-16(15)23-17(11)18(22)20-9-12-6-7-21(10-12)14-3-4-14/h2,5,8,12,14H,3-4,6-7,9-10H2,1H3,(H,20,22)/t12-/m1/s1. The van der Waals surface area contributed by atoms with Gasteiger partial charge in [-0.05, 0) is 67.8 Å². The Balaban J connectivity index is 1.42. The summed E-state index contributed by atoms with van der Waals surface area (Å²) in [5.41, 5.74) is 0.882. The van der Waals surface area contributed by atoms with E-state index in [9.17, 15) is 9.18 Å². The smallest absolute Gasteiger partial charge is 0.261 e. The highest BCUT2D eigenvalue weighted by Gasteiger charge is 2.34. The largest absolute Gasteiger partial charge is 0.351 e. The monoisotopic (exact) mass is 332 g/mol. The summed E-state index contributed by atoms with van der Waals surface area (Å²) in [5, 5.41) is 3.94. The molecule has 2 aliphatic rings. The van der Waals surface area contributed by atoms with E-state index in [0.717, 1.165) is 34.8 Å². The van der Waals surface area contributed by atoms with Gasteiger partial charge in [-0.1, -0.05) is 0 Å². The van der Waals surface area contributed by atoms with E-state index in [-0.39, 0.29) is 11.7 Å². The molecule has 0 spiro atoms.